The molecule has 0 spiro atoms. The van der Waals surface area contributed by atoms with Gasteiger partial charge >= 0.3 is 0 Å². The molecular formula is C19H24FN3O2. The summed E-state index contributed by atoms with van der Waals surface area (Å²) in [7, 11) is 0. The van der Waals surface area contributed by atoms with Crippen LogP contribution in [-0.2, 0) is 4.79 Å². The number of carbonyl (C=O) groups is 1. The Kier molecular flexibility index (Phi) is 5.36. The molecule has 0 aromatic heterocycles. The first-order valence-corrected chi connectivity index (χ1v) is 8.91. The second-order valence-electron chi connectivity index (χ2n) is 7.19. The zero-order chi connectivity index (χ0) is 17.9. The number of nitriles is 1. The van der Waals surface area contributed by atoms with Gasteiger partial charge in [-0.1, -0.05) is 31.4 Å². The maximum atomic E-state index is 13.1. The molecule has 25 heavy (non-hydrogen) atoms. The molecule has 1 saturated carbocycles. The minimum atomic E-state index is -0.751. The first kappa shape index (κ1) is 17.8. The predicted octanol–water partition coefficient (Wildman–Crippen LogP) is 2.28. The highest BCUT2D eigenvalue weighted by atomic mass is 19.1. The number of amides is 1. The van der Waals surface area contributed by atoms with E-state index in [1.165, 1.54) is 12.1 Å². The quantitative estimate of drug-likeness (QED) is 0.878. The van der Waals surface area contributed by atoms with Crippen LogP contribution in [0.15, 0.2) is 24.3 Å². The van der Waals surface area contributed by atoms with Crippen molar-refractivity contribution in [3.63, 3.8) is 0 Å². The number of nitrogens with one attached hydrogen (secondary N) is 1. The van der Waals surface area contributed by atoms with Crippen molar-refractivity contribution in [2.75, 3.05) is 13.1 Å². The number of rotatable bonds is 4. The van der Waals surface area contributed by atoms with Crippen molar-refractivity contribution in [2.24, 2.45) is 0 Å². The van der Waals surface area contributed by atoms with Crippen LogP contribution < -0.4 is 5.32 Å². The minimum Gasteiger partial charge on any atom is -0.392 e. The van der Waals surface area contributed by atoms with Crippen LogP contribution in [0.5, 0.6) is 0 Å². The summed E-state index contributed by atoms with van der Waals surface area (Å²) in [6.45, 7) is 0.525. The molecule has 3 rings (SSSR count). The number of likely N-dealkylation sites (tertiary alicyclic amines) is 1. The molecular weight excluding hydrogens is 321 g/mol. The highest BCUT2D eigenvalue weighted by Gasteiger charge is 2.37. The molecule has 2 fully saturated rings. The number of aliphatic hydroxyl groups excluding tert-OH is 1. The van der Waals surface area contributed by atoms with E-state index in [1.807, 2.05) is 4.90 Å². The average Bonchev–Trinajstić information content (AvgIpc) is 2.96. The third-order valence-electron chi connectivity index (χ3n) is 5.28. The summed E-state index contributed by atoms with van der Waals surface area (Å²) in [5.41, 5.74) is 0.136. The Morgan fingerprint density at radius 1 is 1.32 bits per heavy atom. The van der Waals surface area contributed by atoms with Crippen molar-refractivity contribution < 1.29 is 14.3 Å². The smallest absolute Gasteiger partial charge is 0.235 e. The van der Waals surface area contributed by atoms with Gasteiger partial charge in [0.1, 0.15) is 11.4 Å². The van der Waals surface area contributed by atoms with Crippen LogP contribution in [0.25, 0.3) is 0 Å². The number of carbonyl (C=O) groups excluding carboxylic acids is 1. The Bertz CT molecular complexity index is 650. The van der Waals surface area contributed by atoms with Gasteiger partial charge < -0.3 is 10.4 Å². The number of hydrogen-bond donors (Lipinski definition) is 2. The normalized spacial score (nSPS) is 26.1. The van der Waals surface area contributed by atoms with Crippen LogP contribution in [0.3, 0.4) is 0 Å². The monoisotopic (exact) mass is 345 g/mol. The van der Waals surface area contributed by atoms with Crippen LogP contribution >= 0.6 is 0 Å². The number of β-amino-alcohol motifs (C(OH)–C–C–N with tert-alkyl or cyclic N) is 1. The summed E-state index contributed by atoms with van der Waals surface area (Å²) in [6.07, 6.45) is 4.40. The van der Waals surface area contributed by atoms with Gasteiger partial charge in [0.25, 0.3) is 0 Å². The zero-order valence-corrected chi connectivity index (χ0v) is 14.2. The Morgan fingerprint density at radius 3 is 2.64 bits per heavy atom. The van der Waals surface area contributed by atoms with Crippen molar-refractivity contribution in [1.82, 2.24) is 10.2 Å². The Hall–Kier alpha value is -1.97. The van der Waals surface area contributed by atoms with Crippen LogP contribution in [0, 0.1) is 17.1 Å². The van der Waals surface area contributed by atoms with E-state index in [0.29, 0.717) is 25.8 Å². The second kappa shape index (κ2) is 7.51. The van der Waals surface area contributed by atoms with Gasteiger partial charge in [0.2, 0.25) is 5.91 Å². The van der Waals surface area contributed by atoms with E-state index in [9.17, 15) is 19.6 Å². The van der Waals surface area contributed by atoms with E-state index in [4.69, 9.17) is 0 Å². The minimum absolute atomic E-state index is 0.120. The summed E-state index contributed by atoms with van der Waals surface area (Å²) in [5.74, 6) is -0.496. The fourth-order valence-corrected chi connectivity index (χ4v) is 4.00. The van der Waals surface area contributed by atoms with Crippen molar-refractivity contribution in [2.45, 2.75) is 56.2 Å². The predicted molar refractivity (Wildman–Crippen MR) is 90.9 cm³/mol. The molecule has 5 nitrogen and oxygen atoms in total. The summed E-state index contributed by atoms with van der Waals surface area (Å²) < 4.78 is 13.1. The van der Waals surface area contributed by atoms with E-state index in [2.05, 4.69) is 11.4 Å². The van der Waals surface area contributed by atoms with E-state index in [-0.39, 0.29) is 24.3 Å². The molecule has 0 radical (unpaired) electrons. The molecule has 1 aliphatic carbocycles. The molecule has 2 N–H and O–H groups in total. The third kappa shape index (κ3) is 4.17. The molecule has 1 aliphatic heterocycles. The molecule has 1 aromatic rings. The molecule has 6 heteroatoms. The van der Waals surface area contributed by atoms with E-state index in [1.54, 1.807) is 12.1 Å². The number of benzene rings is 1. The SMILES string of the molecule is N#CC1(NC(=O)CN2C[C@@H](O)C[C@H]2c2ccc(F)cc2)CCCCC1. The summed E-state index contributed by atoms with van der Waals surface area (Å²) in [5, 5.41) is 22.4. The van der Waals surface area contributed by atoms with Crippen LogP contribution in [0.4, 0.5) is 4.39 Å². The molecule has 1 amide bonds. The van der Waals surface area contributed by atoms with Crippen molar-refractivity contribution in [1.29, 1.82) is 5.26 Å². The lowest BCUT2D eigenvalue weighted by atomic mass is 9.83. The molecule has 2 aliphatic rings. The Morgan fingerprint density at radius 2 is 2.00 bits per heavy atom. The standard InChI is InChI=1S/C19H24FN3O2/c20-15-6-4-14(5-7-15)17-10-16(24)11-23(17)12-18(25)22-19(13-21)8-2-1-3-9-19/h4-7,16-17,24H,1-3,8-12H2,(H,22,25)/t16-,17-/m0/s1. The van der Waals surface area contributed by atoms with Gasteiger partial charge in [-0.2, -0.15) is 5.26 Å². The lowest BCUT2D eigenvalue weighted by Crippen LogP contribution is -2.51. The maximum Gasteiger partial charge on any atom is 0.235 e. The van der Waals surface area contributed by atoms with Gasteiger partial charge in [0, 0.05) is 12.6 Å². The molecule has 0 bridgehead atoms. The first-order chi connectivity index (χ1) is 12.0. The third-order valence-corrected chi connectivity index (χ3v) is 5.28. The lowest BCUT2D eigenvalue weighted by Gasteiger charge is -2.33. The fourth-order valence-electron chi connectivity index (χ4n) is 4.00. The van der Waals surface area contributed by atoms with E-state index in [0.717, 1.165) is 24.8 Å². The van der Waals surface area contributed by atoms with Gasteiger partial charge in [-0.05, 0) is 37.0 Å². The molecule has 1 saturated heterocycles. The van der Waals surface area contributed by atoms with Crippen molar-refractivity contribution in [3.05, 3.63) is 35.6 Å². The zero-order valence-electron chi connectivity index (χ0n) is 14.2. The molecule has 1 aromatic carbocycles. The van der Waals surface area contributed by atoms with Gasteiger partial charge in [-0.15, -0.1) is 0 Å². The van der Waals surface area contributed by atoms with Gasteiger partial charge in [0.05, 0.1) is 18.7 Å². The highest BCUT2D eigenvalue weighted by molar-refractivity contribution is 5.79. The lowest BCUT2D eigenvalue weighted by molar-refractivity contribution is -0.124. The fraction of sp³-hybridized carbons (Fsp3) is 0.579. The van der Waals surface area contributed by atoms with Crippen molar-refractivity contribution in [3.8, 4) is 6.07 Å². The van der Waals surface area contributed by atoms with Gasteiger partial charge in [0.15, 0.2) is 0 Å². The first-order valence-electron chi connectivity index (χ1n) is 8.91. The molecule has 2 atom stereocenters. The van der Waals surface area contributed by atoms with E-state index >= 15 is 0 Å². The van der Waals surface area contributed by atoms with Gasteiger partial charge in [-0.25, -0.2) is 4.39 Å². The molecule has 134 valence electrons. The highest BCUT2D eigenvalue weighted by Crippen LogP contribution is 2.32. The van der Waals surface area contributed by atoms with Gasteiger partial charge in [-0.3, -0.25) is 9.69 Å². The maximum absolute atomic E-state index is 13.1. The molecule has 1 heterocycles. The Balaban J connectivity index is 1.66. The number of nitrogens with zero attached hydrogens (tertiary/aromatic N) is 2. The van der Waals surface area contributed by atoms with E-state index < -0.39 is 11.6 Å². The summed E-state index contributed by atoms with van der Waals surface area (Å²) >= 11 is 0. The summed E-state index contributed by atoms with van der Waals surface area (Å²) in [4.78, 5) is 14.4. The molecule has 0 unspecified atom stereocenters. The largest absolute Gasteiger partial charge is 0.392 e. The van der Waals surface area contributed by atoms with Crippen LogP contribution in [-0.4, -0.2) is 40.6 Å². The summed E-state index contributed by atoms with van der Waals surface area (Å²) in [6, 6.07) is 8.35. The average molecular weight is 345 g/mol. The van der Waals surface area contributed by atoms with Crippen molar-refractivity contribution >= 4 is 5.91 Å². The number of halogens is 1. The number of hydrogen-bond acceptors (Lipinski definition) is 4. The van der Waals surface area contributed by atoms with Crippen LogP contribution in [0.1, 0.15) is 50.1 Å². The Labute approximate surface area is 147 Å². The topological polar surface area (TPSA) is 76.4 Å². The van der Waals surface area contributed by atoms with Crippen LogP contribution in [0.2, 0.25) is 0 Å². The second-order valence-corrected chi connectivity index (χ2v) is 7.19. The number of aliphatic hydroxyl groups is 1.